The van der Waals surface area contributed by atoms with E-state index in [4.69, 9.17) is 0 Å². The first kappa shape index (κ1) is 16.1. The number of hydrogen-bond acceptors (Lipinski definition) is 2. The van der Waals surface area contributed by atoms with E-state index in [1.807, 2.05) is 0 Å². The lowest BCUT2D eigenvalue weighted by Gasteiger charge is -2.17. The highest BCUT2D eigenvalue weighted by atomic mass is 19.3. The van der Waals surface area contributed by atoms with Gasteiger partial charge in [-0.1, -0.05) is 13.3 Å². The first-order chi connectivity index (χ1) is 9.90. The number of likely N-dealkylation sites (tertiary alicyclic amines) is 1. The number of rotatable bonds is 6. The number of halogens is 3. The maximum atomic E-state index is 13.4. The van der Waals surface area contributed by atoms with Gasteiger partial charge in [-0.25, -0.2) is 13.2 Å². The Morgan fingerprint density at radius 2 is 2.14 bits per heavy atom. The van der Waals surface area contributed by atoms with Gasteiger partial charge in [-0.15, -0.1) is 0 Å². The molecule has 1 saturated heterocycles. The van der Waals surface area contributed by atoms with E-state index in [0.717, 1.165) is 31.6 Å². The van der Waals surface area contributed by atoms with Crippen LogP contribution in [0.5, 0.6) is 0 Å². The molecule has 1 aliphatic rings. The van der Waals surface area contributed by atoms with Crippen molar-refractivity contribution in [2.45, 2.75) is 32.6 Å². The molecular weight excluding hydrogens is 277 g/mol. The number of nitrogens with zero attached hydrogens (tertiary/aromatic N) is 1. The summed E-state index contributed by atoms with van der Waals surface area (Å²) >= 11 is 0. The molecule has 1 aliphatic heterocycles. The van der Waals surface area contributed by atoms with Crippen molar-refractivity contribution in [3.8, 4) is 0 Å². The summed E-state index contributed by atoms with van der Waals surface area (Å²) in [6, 6.07) is 3.80. The van der Waals surface area contributed by atoms with Crippen molar-refractivity contribution in [3.05, 3.63) is 29.6 Å². The van der Waals surface area contributed by atoms with E-state index in [9.17, 15) is 13.2 Å². The number of nitrogens with one attached hydrogen (secondary N) is 1. The van der Waals surface area contributed by atoms with Gasteiger partial charge in [0.15, 0.2) is 0 Å². The van der Waals surface area contributed by atoms with Crippen molar-refractivity contribution >= 4 is 5.69 Å². The second kappa shape index (κ2) is 6.69. The number of benzene rings is 1. The monoisotopic (exact) mass is 300 g/mol. The van der Waals surface area contributed by atoms with Crippen molar-refractivity contribution in [2.24, 2.45) is 5.92 Å². The molecule has 0 radical (unpaired) electrons. The Hall–Kier alpha value is -1.23. The van der Waals surface area contributed by atoms with Crippen LogP contribution in [0.25, 0.3) is 0 Å². The van der Waals surface area contributed by atoms with Crippen LogP contribution in [0.2, 0.25) is 0 Å². The summed E-state index contributed by atoms with van der Waals surface area (Å²) in [5, 5.41) is 3.10. The van der Waals surface area contributed by atoms with Crippen LogP contribution >= 0.6 is 0 Å². The summed E-state index contributed by atoms with van der Waals surface area (Å²) in [6.45, 7) is 6.69. The highest BCUT2D eigenvalue weighted by molar-refractivity contribution is 5.47. The van der Waals surface area contributed by atoms with Crippen LogP contribution in [-0.4, -0.2) is 31.1 Å². The molecule has 1 unspecified atom stereocenters. The lowest BCUT2D eigenvalue weighted by atomic mass is 10.1. The molecule has 1 aromatic carbocycles. The molecule has 5 heteroatoms. The second-order valence-corrected chi connectivity index (χ2v) is 5.87. The Morgan fingerprint density at radius 1 is 1.38 bits per heavy atom. The summed E-state index contributed by atoms with van der Waals surface area (Å²) in [6.07, 6.45) is 2.44. The largest absolute Gasteiger partial charge is 0.384 e. The molecule has 118 valence electrons. The predicted molar refractivity (Wildman–Crippen MR) is 79.3 cm³/mol. The molecule has 1 atom stereocenters. The zero-order valence-electron chi connectivity index (χ0n) is 12.6. The topological polar surface area (TPSA) is 15.3 Å². The van der Waals surface area contributed by atoms with Crippen LogP contribution in [0.1, 0.15) is 32.3 Å². The van der Waals surface area contributed by atoms with Gasteiger partial charge in [0.1, 0.15) is 5.82 Å². The molecule has 0 aliphatic carbocycles. The van der Waals surface area contributed by atoms with Crippen molar-refractivity contribution in [3.63, 3.8) is 0 Å². The lowest BCUT2D eigenvalue weighted by molar-refractivity contribution is 0.0138. The first-order valence-electron chi connectivity index (χ1n) is 7.54. The van der Waals surface area contributed by atoms with Crippen LogP contribution in [0.4, 0.5) is 18.9 Å². The van der Waals surface area contributed by atoms with Crippen molar-refractivity contribution in [2.75, 3.05) is 31.5 Å². The first-order valence-corrected chi connectivity index (χ1v) is 7.54. The molecule has 0 aromatic heterocycles. The maximum absolute atomic E-state index is 13.4. The highest BCUT2D eigenvalue weighted by Crippen LogP contribution is 2.31. The molecule has 1 aromatic rings. The van der Waals surface area contributed by atoms with Crippen molar-refractivity contribution in [1.29, 1.82) is 0 Å². The fourth-order valence-electron chi connectivity index (χ4n) is 2.78. The van der Waals surface area contributed by atoms with Gasteiger partial charge in [-0.3, -0.25) is 0 Å². The van der Waals surface area contributed by atoms with Gasteiger partial charge in [-0.05, 0) is 37.1 Å². The Bertz CT molecular complexity index is 471. The average Bonchev–Trinajstić information content (AvgIpc) is 2.87. The molecule has 1 fully saturated rings. The molecule has 1 N–H and O–H groups in total. The van der Waals surface area contributed by atoms with Gasteiger partial charge in [0, 0.05) is 32.2 Å². The minimum atomic E-state index is -3.16. The van der Waals surface area contributed by atoms with Gasteiger partial charge in [0.2, 0.25) is 0 Å². The Labute approximate surface area is 124 Å². The second-order valence-electron chi connectivity index (χ2n) is 5.87. The SMILES string of the molecule is CCC1CCN(CCNc2ccc(F)c(C(C)(F)F)c2)C1. The van der Waals surface area contributed by atoms with Gasteiger partial charge in [0.25, 0.3) is 5.92 Å². The zero-order valence-corrected chi connectivity index (χ0v) is 12.6. The minimum Gasteiger partial charge on any atom is -0.384 e. The normalized spacial score (nSPS) is 20.0. The van der Waals surface area contributed by atoms with Gasteiger partial charge >= 0.3 is 0 Å². The lowest BCUT2D eigenvalue weighted by Crippen LogP contribution is -2.27. The van der Waals surface area contributed by atoms with Crippen LogP contribution in [-0.2, 0) is 5.92 Å². The average molecular weight is 300 g/mol. The van der Waals surface area contributed by atoms with Gasteiger partial charge in [0.05, 0.1) is 5.56 Å². The van der Waals surface area contributed by atoms with Crippen LogP contribution < -0.4 is 5.32 Å². The molecule has 0 bridgehead atoms. The minimum absolute atomic E-state index is 0.541. The van der Waals surface area contributed by atoms with E-state index in [1.54, 1.807) is 0 Å². The Balaban J connectivity index is 1.86. The molecular formula is C16H23F3N2. The molecule has 0 spiro atoms. The third-order valence-electron chi connectivity index (χ3n) is 4.14. The summed E-state index contributed by atoms with van der Waals surface area (Å²) in [5.41, 5.74) is -0.0149. The van der Waals surface area contributed by atoms with E-state index in [-0.39, 0.29) is 0 Å². The van der Waals surface area contributed by atoms with Crippen LogP contribution in [0.3, 0.4) is 0 Å². The third kappa shape index (κ3) is 4.37. The summed E-state index contributed by atoms with van der Waals surface area (Å²) in [4.78, 5) is 2.38. The predicted octanol–water partition coefficient (Wildman–Crippen LogP) is 4.08. The summed E-state index contributed by atoms with van der Waals surface area (Å²) in [7, 11) is 0. The number of hydrogen-bond donors (Lipinski definition) is 1. The van der Waals surface area contributed by atoms with Crippen molar-refractivity contribution in [1.82, 2.24) is 4.90 Å². The van der Waals surface area contributed by atoms with Gasteiger partial charge < -0.3 is 10.2 Å². The Morgan fingerprint density at radius 3 is 2.76 bits per heavy atom. The summed E-state index contributed by atoms with van der Waals surface area (Å²) < 4.78 is 39.9. The van der Waals surface area contributed by atoms with E-state index in [0.29, 0.717) is 19.2 Å². The third-order valence-corrected chi connectivity index (χ3v) is 4.14. The van der Waals surface area contributed by atoms with E-state index in [2.05, 4.69) is 17.1 Å². The van der Waals surface area contributed by atoms with Gasteiger partial charge in [-0.2, -0.15) is 0 Å². The van der Waals surface area contributed by atoms with E-state index >= 15 is 0 Å². The number of anilines is 1. The van der Waals surface area contributed by atoms with Crippen molar-refractivity contribution < 1.29 is 13.2 Å². The molecule has 2 nitrogen and oxygen atoms in total. The molecule has 21 heavy (non-hydrogen) atoms. The Kier molecular flexibility index (Phi) is 5.14. The van der Waals surface area contributed by atoms with Crippen LogP contribution in [0.15, 0.2) is 18.2 Å². The maximum Gasteiger partial charge on any atom is 0.273 e. The molecule has 0 saturated carbocycles. The standard InChI is InChI=1S/C16H23F3N2/c1-3-12-6-8-21(11-12)9-7-20-13-4-5-15(17)14(10-13)16(2,18)19/h4-5,10,12,20H,3,6-9,11H2,1-2H3. The smallest absolute Gasteiger partial charge is 0.273 e. The highest BCUT2D eigenvalue weighted by Gasteiger charge is 2.28. The zero-order chi connectivity index (χ0) is 15.5. The fraction of sp³-hybridized carbons (Fsp3) is 0.625. The molecule has 0 amide bonds. The van der Waals surface area contributed by atoms with Crippen LogP contribution in [0, 0.1) is 11.7 Å². The van der Waals surface area contributed by atoms with E-state index < -0.39 is 17.3 Å². The molecule has 2 rings (SSSR count). The number of alkyl halides is 2. The molecule has 1 heterocycles. The quantitative estimate of drug-likeness (QED) is 0.851. The fourth-order valence-corrected chi connectivity index (χ4v) is 2.78. The van der Waals surface area contributed by atoms with E-state index in [1.165, 1.54) is 25.0 Å². The summed E-state index contributed by atoms with van der Waals surface area (Å²) in [5.74, 6) is -3.25.